The van der Waals surface area contributed by atoms with Crippen molar-refractivity contribution in [2.75, 3.05) is 4.90 Å². The van der Waals surface area contributed by atoms with Crippen LogP contribution in [0.15, 0.2) is 253 Å². The lowest BCUT2D eigenvalue weighted by Gasteiger charge is -2.26. The quantitative estimate of drug-likeness (QED) is 0.142. The van der Waals surface area contributed by atoms with Crippen molar-refractivity contribution in [1.29, 1.82) is 0 Å². The molecule has 2 nitrogen and oxygen atoms in total. The third-order valence-electron chi connectivity index (χ3n) is 12.7. The van der Waals surface area contributed by atoms with Crippen LogP contribution in [-0.4, -0.2) is 0 Å². The highest BCUT2D eigenvalue weighted by molar-refractivity contribution is 6.12. The average Bonchev–Trinajstić information content (AvgIpc) is 3.76. The lowest BCUT2D eigenvalue weighted by molar-refractivity contribution is 0.670. The van der Waals surface area contributed by atoms with Crippen molar-refractivity contribution in [1.82, 2.24) is 0 Å². The Morgan fingerprint density at radius 1 is 0.250 bits per heavy atom. The van der Waals surface area contributed by atoms with E-state index in [1.807, 2.05) is 12.1 Å². The summed E-state index contributed by atoms with van der Waals surface area (Å²) >= 11 is 0. The van der Waals surface area contributed by atoms with Crippen molar-refractivity contribution in [2.45, 2.75) is 0 Å². The first-order chi connectivity index (χ1) is 31.7. The van der Waals surface area contributed by atoms with E-state index in [-0.39, 0.29) is 0 Å². The molecule has 11 aromatic carbocycles. The van der Waals surface area contributed by atoms with E-state index < -0.39 is 0 Å². The predicted octanol–water partition coefficient (Wildman–Crippen LogP) is 17.7. The van der Waals surface area contributed by atoms with Gasteiger partial charge in [-0.15, -0.1) is 0 Å². The van der Waals surface area contributed by atoms with Gasteiger partial charge in [-0.3, -0.25) is 0 Å². The van der Waals surface area contributed by atoms with E-state index >= 15 is 0 Å². The minimum atomic E-state index is 0.913. The molecule has 0 bridgehead atoms. The van der Waals surface area contributed by atoms with Crippen molar-refractivity contribution in [3.63, 3.8) is 0 Å². The Hall–Kier alpha value is -8.46. The summed E-state index contributed by atoms with van der Waals surface area (Å²) in [6.07, 6.45) is 0. The number of rotatable bonds is 8. The van der Waals surface area contributed by atoms with Crippen molar-refractivity contribution in [2.24, 2.45) is 0 Å². The maximum absolute atomic E-state index is 6.42. The van der Waals surface area contributed by atoms with Gasteiger partial charge < -0.3 is 9.32 Å². The maximum Gasteiger partial charge on any atom is 0.143 e. The SMILES string of the molecule is c1ccc(-c2ccc(-c3ccc(N(c4ccc(-c5ccc(-c6ccccc6)cc5)cc4)c4ccc5c(ccc6cc(-c7cccc8c7oc7ccccc78)ccc65)c4)cc3)cc2)cc1. The van der Waals surface area contributed by atoms with Gasteiger partial charge in [0.2, 0.25) is 0 Å². The Kier molecular flexibility index (Phi) is 9.20. The molecule has 1 aromatic heterocycles. The zero-order chi connectivity index (χ0) is 42.4. The van der Waals surface area contributed by atoms with Gasteiger partial charge in [0, 0.05) is 33.4 Å². The highest BCUT2D eigenvalue weighted by atomic mass is 16.3. The predicted molar refractivity (Wildman–Crippen MR) is 271 cm³/mol. The van der Waals surface area contributed by atoms with Crippen molar-refractivity contribution in [3.8, 4) is 55.6 Å². The van der Waals surface area contributed by atoms with Crippen LogP contribution in [0, 0.1) is 0 Å². The molecule has 0 atom stereocenters. The summed E-state index contributed by atoms with van der Waals surface area (Å²) in [4.78, 5) is 2.37. The van der Waals surface area contributed by atoms with Gasteiger partial charge in [-0.25, -0.2) is 0 Å². The Balaban J connectivity index is 0.902. The smallest absolute Gasteiger partial charge is 0.143 e. The van der Waals surface area contributed by atoms with E-state index in [2.05, 4.69) is 241 Å². The molecule has 1 heterocycles. The molecule has 12 aromatic rings. The molecule has 300 valence electrons. The van der Waals surface area contributed by atoms with Gasteiger partial charge in [-0.1, -0.05) is 200 Å². The summed E-state index contributed by atoms with van der Waals surface area (Å²) < 4.78 is 6.42. The Morgan fingerprint density at radius 3 is 1.20 bits per heavy atom. The monoisotopic (exact) mass is 815 g/mol. The van der Waals surface area contributed by atoms with E-state index in [1.165, 1.54) is 66.1 Å². The van der Waals surface area contributed by atoms with Crippen LogP contribution >= 0.6 is 0 Å². The van der Waals surface area contributed by atoms with Gasteiger partial charge in [0.25, 0.3) is 0 Å². The van der Waals surface area contributed by atoms with E-state index in [1.54, 1.807) is 0 Å². The molecular weight excluding hydrogens is 775 g/mol. The number of benzene rings is 11. The summed E-state index contributed by atoms with van der Waals surface area (Å²) in [5.41, 5.74) is 17.0. The second kappa shape index (κ2) is 15.8. The number of hydrogen-bond acceptors (Lipinski definition) is 2. The van der Waals surface area contributed by atoms with Crippen LogP contribution < -0.4 is 4.90 Å². The molecule has 0 spiro atoms. The molecular formula is C62H41NO. The van der Waals surface area contributed by atoms with E-state index in [0.29, 0.717) is 0 Å². The summed E-state index contributed by atoms with van der Waals surface area (Å²) in [5.74, 6) is 0. The fourth-order valence-corrected chi connectivity index (χ4v) is 9.36. The van der Waals surface area contributed by atoms with E-state index in [0.717, 1.165) is 50.1 Å². The number of hydrogen-bond donors (Lipinski definition) is 0. The first-order valence-corrected chi connectivity index (χ1v) is 21.9. The van der Waals surface area contributed by atoms with Gasteiger partial charge in [0.1, 0.15) is 11.2 Å². The molecule has 0 aliphatic carbocycles. The minimum absolute atomic E-state index is 0.913. The summed E-state index contributed by atoms with van der Waals surface area (Å²) in [7, 11) is 0. The van der Waals surface area contributed by atoms with Crippen molar-refractivity contribution in [3.05, 3.63) is 249 Å². The van der Waals surface area contributed by atoms with E-state index in [9.17, 15) is 0 Å². The van der Waals surface area contributed by atoms with Crippen molar-refractivity contribution >= 4 is 60.5 Å². The van der Waals surface area contributed by atoms with Crippen molar-refractivity contribution < 1.29 is 4.42 Å². The molecule has 0 amide bonds. The average molecular weight is 816 g/mol. The Bertz CT molecular complexity index is 3480. The second-order valence-corrected chi connectivity index (χ2v) is 16.5. The summed E-state index contributed by atoms with van der Waals surface area (Å²) in [6.45, 7) is 0. The van der Waals surface area contributed by atoms with Gasteiger partial charge in [-0.2, -0.15) is 0 Å². The van der Waals surface area contributed by atoms with E-state index in [4.69, 9.17) is 4.42 Å². The van der Waals surface area contributed by atoms with Gasteiger partial charge in [0.05, 0.1) is 0 Å². The highest BCUT2D eigenvalue weighted by Crippen LogP contribution is 2.41. The molecule has 2 heteroatoms. The number of anilines is 3. The fraction of sp³-hybridized carbons (Fsp3) is 0. The van der Waals surface area contributed by atoms with Crippen LogP contribution in [0.2, 0.25) is 0 Å². The molecule has 0 saturated carbocycles. The molecule has 64 heavy (non-hydrogen) atoms. The lowest BCUT2D eigenvalue weighted by atomic mass is 9.96. The maximum atomic E-state index is 6.42. The summed E-state index contributed by atoms with van der Waals surface area (Å²) in [5, 5.41) is 7.11. The third kappa shape index (κ3) is 6.79. The lowest BCUT2D eigenvalue weighted by Crippen LogP contribution is -2.09. The molecule has 0 aliphatic heterocycles. The normalized spacial score (nSPS) is 11.4. The van der Waals surface area contributed by atoms with Crippen LogP contribution in [0.25, 0.3) is 99.1 Å². The summed E-state index contributed by atoms with van der Waals surface area (Å²) in [6, 6.07) is 89.6. The third-order valence-corrected chi connectivity index (χ3v) is 12.7. The molecule has 0 radical (unpaired) electrons. The number of para-hydroxylation sites is 2. The number of furan rings is 1. The second-order valence-electron chi connectivity index (χ2n) is 16.5. The molecule has 0 fully saturated rings. The van der Waals surface area contributed by atoms with Crippen LogP contribution in [-0.2, 0) is 0 Å². The molecule has 0 unspecified atom stereocenters. The zero-order valence-corrected chi connectivity index (χ0v) is 35.0. The molecule has 0 aliphatic rings. The zero-order valence-electron chi connectivity index (χ0n) is 35.0. The highest BCUT2D eigenvalue weighted by Gasteiger charge is 2.17. The molecule has 12 rings (SSSR count). The van der Waals surface area contributed by atoms with Crippen LogP contribution in [0.5, 0.6) is 0 Å². The fourth-order valence-electron chi connectivity index (χ4n) is 9.36. The Labute approximate surface area is 372 Å². The van der Waals surface area contributed by atoms with Crippen LogP contribution in [0.4, 0.5) is 17.1 Å². The standard InChI is InChI=1S/C62H41NO/c1-3-10-42(11-4-1)44-18-22-46(23-19-44)48-28-33-53(34-29-48)63(54-35-30-49(31-36-54)47-24-20-45(21-25-47)43-12-5-2-6-13-43)55-37-39-57-52(41-55)27-26-50-40-51(32-38-56(50)57)58-15-9-16-60-59-14-7-8-17-61(59)64-62(58)60/h1-41H. The topological polar surface area (TPSA) is 16.4 Å². The van der Waals surface area contributed by atoms with Gasteiger partial charge in [0.15, 0.2) is 0 Å². The van der Waals surface area contributed by atoms with Gasteiger partial charge >= 0.3 is 0 Å². The molecule has 0 saturated heterocycles. The Morgan fingerprint density at radius 2 is 0.656 bits per heavy atom. The number of nitrogens with zero attached hydrogens (tertiary/aromatic N) is 1. The van der Waals surface area contributed by atoms with Crippen LogP contribution in [0.1, 0.15) is 0 Å². The first-order valence-electron chi connectivity index (χ1n) is 21.9. The first kappa shape index (κ1) is 37.3. The van der Waals surface area contributed by atoms with Gasteiger partial charge in [-0.05, 0) is 120 Å². The molecule has 0 N–H and O–H groups in total. The van der Waals surface area contributed by atoms with Crippen LogP contribution in [0.3, 0.4) is 0 Å². The largest absolute Gasteiger partial charge is 0.455 e. The minimum Gasteiger partial charge on any atom is -0.455 e. The number of fused-ring (bicyclic) bond motifs is 6.